The number of rotatable bonds is 8. The van der Waals surface area contributed by atoms with E-state index >= 15 is 0 Å². The van der Waals surface area contributed by atoms with Gasteiger partial charge in [0.05, 0.1) is 16.9 Å². The minimum Gasteiger partial charge on any atom is -0.220 e. The molecule has 0 radical (unpaired) electrons. The normalized spacial score (nSPS) is 11.5. The molecule has 0 saturated carbocycles. The monoisotopic (exact) mass is 344 g/mol. The van der Waals surface area contributed by atoms with Gasteiger partial charge in [-0.1, -0.05) is 30.5 Å². The van der Waals surface area contributed by atoms with E-state index in [0.717, 1.165) is 12.8 Å². The second kappa shape index (κ2) is 9.31. The first-order valence-corrected chi connectivity index (χ1v) is 7.55. The standard InChI is InChI=1S/C12H12F4O3S2/c1-2-3-4-5-6-20-11-7(13)9(15)12(21-19-18-17)10(16)8(11)14/h4-5,17H,2-3,6H2,1H3/b5-4+. The summed E-state index contributed by atoms with van der Waals surface area (Å²) in [4.78, 5) is -1.83. The molecule has 0 aliphatic carbocycles. The molecule has 0 heterocycles. The van der Waals surface area contributed by atoms with Crippen molar-refractivity contribution >= 4 is 23.8 Å². The molecule has 0 bridgehead atoms. The molecule has 1 N–H and O–H groups in total. The molecule has 0 atom stereocenters. The first-order chi connectivity index (χ1) is 10.0. The molecule has 0 fully saturated rings. The van der Waals surface area contributed by atoms with Gasteiger partial charge in [0.25, 0.3) is 0 Å². The molecule has 0 saturated heterocycles. The van der Waals surface area contributed by atoms with Gasteiger partial charge in [-0.2, -0.15) is 0 Å². The molecule has 3 nitrogen and oxygen atoms in total. The Balaban J connectivity index is 2.95. The third kappa shape index (κ3) is 4.89. The lowest BCUT2D eigenvalue weighted by molar-refractivity contribution is -0.432. The maximum Gasteiger partial charge on any atom is 0.179 e. The van der Waals surface area contributed by atoms with E-state index in [0.29, 0.717) is 11.8 Å². The molecule has 1 aromatic rings. The summed E-state index contributed by atoms with van der Waals surface area (Å²) in [5.74, 6) is -6.10. The summed E-state index contributed by atoms with van der Waals surface area (Å²) in [6.45, 7) is 1.97. The Morgan fingerprint density at radius 3 is 2.10 bits per heavy atom. The van der Waals surface area contributed by atoms with E-state index in [1.165, 1.54) is 0 Å². The van der Waals surface area contributed by atoms with E-state index in [1.807, 2.05) is 13.0 Å². The molecule has 118 valence electrons. The quantitative estimate of drug-likeness (QED) is 0.135. The molecule has 0 unspecified atom stereocenters. The fraction of sp³-hybridized carbons (Fsp3) is 0.333. The molecule has 0 spiro atoms. The fourth-order valence-corrected chi connectivity index (χ4v) is 2.58. The van der Waals surface area contributed by atoms with Gasteiger partial charge in [0, 0.05) is 5.75 Å². The van der Waals surface area contributed by atoms with Crippen LogP contribution >= 0.6 is 23.8 Å². The fourth-order valence-electron chi connectivity index (χ4n) is 1.32. The zero-order valence-electron chi connectivity index (χ0n) is 10.9. The van der Waals surface area contributed by atoms with Crippen LogP contribution in [0.1, 0.15) is 19.8 Å². The van der Waals surface area contributed by atoms with Gasteiger partial charge in [0.15, 0.2) is 23.3 Å². The van der Waals surface area contributed by atoms with Crippen LogP contribution in [-0.2, 0) is 9.37 Å². The van der Waals surface area contributed by atoms with E-state index < -0.39 is 33.1 Å². The van der Waals surface area contributed by atoms with Crippen LogP contribution in [0.2, 0.25) is 0 Å². The number of benzene rings is 1. The van der Waals surface area contributed by atoms with Crippen molar-refractivity contribution in [1.82, 2.24) is 0 Å². The number of thioether (sulfide) groups is 1. The zero-order chi connectivity index (χ0) is 15.8. The van der Waals surface area contributed by atoms with Crippen molar-refractivity contribution in [3.63, 3.8) is 0 Å². The number of hydrogen-bond donors (Lipinski definition) is 1. The summed E-state index contributed by atoms with van der Waals surface area (Å²) in [5.41, 5.74) is 0. The molecule has 0 aliphatic rings. The number of halogens is 4. The molecule has 1 rings (SSSR count). The predicted molar refractivity (Wildman–Crippen MR) is 71.7 cm³/mol. The van der Waals surface area contributed by atoms with Crippen LogP contribution in [0.3, 0.4) is 0 Å². The van der Waals surface area contributed by atoms with Gasteiger partial charge in [-0.25, -0.2) is 22.8 Å². The van der Waals surface area contributed by atoms with Crippen molar-refractivity contribution < 1.29 is 32.2 Å². The Hall–Kier alpha value is -0.740. The maximum atomic E-state index is 13.7. The lowest BCUT2D eigenvalue weighted by Gasteiger charge is -2.09. The van der Waals surface area contributed by atoms with Crippen LogP contribution in [0.5, 0.6) is 0 Å². The number of unbranched alkanes of at least 4 members (excludes halogenated alkanes) is 1. The van der Waals surface area contributed by atoms with Crippen LogP contribution in [0, 0.1) is 23.3 Å². The summed E-state index contributed by atoms with van der Waals surface area (Å²) < 4.78 is 58.4. The Morgan fingerprint density at radius 1 is 1.00 bits per heavy atom. The summed E-state index contributed by atoms with van der Waals surface area (Å²) in [7, 11) is 0. The summed E-state index contributed by atoms with van der Waals surface area (Å²) in [6, 6.07) is 0. The van der Waals surface area contributed by atoms with Crippen molar-refractivity contribution in [3.8, 4) is 0 Å². The SMILES string of the molecule is CCC/C=C/CSc1c(F)c(F)c(SOOO)c(F)c1F. The minimum absolute atomic E-state index is 0.176. The van der Waals surface area contributed by atoms with Crippen molar-refractivity contribution in [1.29, 1.82) is 0 Å². The highest BCUT2D eigenvalue weighted by Crippen LogP contribution is 2.36. The molecular weight excluding hydrogens is 332 g/mol. The lowest BCUT2D eigenvalue weighted by Crippen LogP contribution is -2.02. The highest BCUT2D eigenvalue weighted by atomic mass is 32.2. The average Bonchev–Trinajstić information content (AvgIpc) is 2.48. The molecule has 0 amide bonds. The summed E-state index contributed by atoms with van der Waals surface area (Å²) in [6.07, 6.45) is 5.20. The Morgan fingerprint density at radius 2 is 1.57 bits per heavy atom. The first kappa shape index (κ1) is 18.3. The third-order valence-corrected chi connectivity index (χ3v) is 3.94. The predicted octanol–water partition coefficient (Wildman–Crippen LogP) is 5.12. The molecule has 0 aliphatic heterocycles. The summed E-state index contributed by atoms with van der Waals surface area (Å²) in [5, 5.41) is 11.0. The van der Waals surface area contributed by atoms with Crippen LogP contribution in [0.25, 0.3) is 0 Å². The van der Waals surface area contributed by atoms with E-state index in [4.69, 9.17) is 5.26 Å². The maximum absolute atomic E-state index is 13.7. The van der Waals surface area contributed by atoms with Gasteiger partial charge in [-0.3, -0.25) is 0 Å². The smallest absolute Gasteiger partial charge is 0.179 e. The van der Waals surface area contributed by atoms with Gasteiger partial charge >= 0.3 is 0 Å². The van der Waals surface area contributed by atoms with Gasteiger partial charge in [0.2, 0.25) is 0 Å². The topological polar surface area (TPSA) is 38.7 Å². The second-order valence-corrected chi connectivity index (χ2v) is 5.45. The molecule has 1 aromatic carbocycles. The summed E-state index contributed by atoms with van der Waals surface area (Å²) >= 11 is 0.458. The number of hydrogen-bond acceptors (Lipinski definition) is 5. The number of allylic oxidation sites excluding steroid dienone is 1. The molecule has 9 heteroatoms. The van der Waals surface area contributed by atoms with Gasteiger partial charge in [-0.05, 0) is 6.42 Å². The largest absolute Gasteiger partial charge is 0.220 e. The molecule has 21 heavy (non-hydrogen) atoms. The lowest BCUT2D eigenvalue weighted by atomic mass is 10.3. The van der Waals surface area contributed by atoms with E-state index in [9.17, 15) is 17.6 Å². The van der Waals surface area contributed by atoms with E-state index in [1.54, 1.807) is 6.08 Å². The second-order valence-electron chi connectivity index (χ2n) is 3.71. The Kier molecular flexibility index (Phi) is 8.12. The first-order valence-electron chi connectivity index (χ1n) is 5.83. The highest BCUT2D eigenvalue weighted by molar-refractivity contribution is 7.99. The Labute approximate surface area is 127 Å². The highest BCUT2D eigenvalue weighted by Gasteiger charge is 2.26. The van der Waals surface area contributed by atoms with Crippen molar-refractivity contribution in [2.24, 2.45) is 0 Å². The van der Waals surface area contributed by atoms with Crippen molar-refractivity contribution in [3.05, 3.63) is 35.4 Å². The van der Waals surface area contributed by atoms with E-state index in [-0.39, 0.29) is 17.8 Å². The van der Waals surface area contributed by atoms with Crippen LogP contribution in [0.15, 0.2) is 21.9 Å². The van der Waals surface area contributed by atoms with Gasteiger partial charge in [-0.15, -0.1) is 16.1 Å². The third-order valence-electron chi connectivity index (χ3n) is 2.28. The Bertz CT molecular complexity index is 483. The van der Waals surface area contributed by atoms with Gasteiger partial charge in [0.1, 0.15) is 4.90 Å². The average molecular weight is 344 g/mol. The van der Waals surface area contributed by atoms with Crippen LogP contribution in [-0.4, -0.2) is 11.0 Å². The molecule has 0 aromatic heterocycles. The van der Waals surface area contributed by atoms with Crippen LogP contribution in [0.4, 0.5) is 17.6 Å². The van der Waals surface area contributed by atoms with Crippen molar-refractivity contribution in [2.45, 2.75) is 29.6 Å². The van der Waals surface area contributed by atoms with E-state index in [2.05, 4.69) is 9.37 Å². The van der Waals surface area contributed by atoms with Crippen LogP contribution < -0.4 is 0 Å². The molecular formula is C12H12F4O3S2. The minimum atomic E-state index is -1.61. The van der Waals surface area contributed by atoms with Crippen molar-refractivity contribution in [2.75, 3.05) is 5.75 Å². The zero-order valence-corrected chi connectivity index (χ0v) is 12.5. The van der Waals surface area contributed by atoms with Gasteiger partial charge < -0.3 is 0 Å².